The van der Waals surface area contributed by atoms with Crippen molar-refractivity contribution in [2.45, 2.75) is 39.7 Å². The molecule has 0 saturated carbocycles. The number of piperazine rings is 1. The lowest BCUT2D eigenvalue weighted by Crippen LogP contribution is -2.52. The normalized spacial score (nSPS) is 15.8. The van der Waals surface area contributed by atoms with Gasteiger partial charge < -0.3 is 19.6 Å². The fraction of sp³-hybridized carbons (Fsp3) is 0.526. The van der Waals surface area contributed by atoms with Gasteiger partial charge in [0.2, 0.25) is 5.89 Å². The van der Waals surface area contributed by atoms with Crippen LogP contribution >= 0.6 is 0 Å². The van der Waals surface area contributed by atoms with Crippen LogP contribution in [0.25, 0.3) is 0 Å². The second-order valence-electron chi connectivity index (χ2n) is 6.55. The minimum Gasteiger partial charge on any atom is -0.368 e. The number of aryl methyl sites for hydroxylation is 2. The van der Waals surface area contributed by atoms with Crippen molar-refractivity contribution in [3.63, 3.8) is 0 Å². The molecule has 1 fully saturated rings. The first kappa shape index (κ1) is 18.2. The third-order valence-corrected chi connectivity index (χ3v) is 4.83. The number of hydrogen-bond donors (Lipinski definition) is 1. The molecule has 2 heterocycles. The molecule has 1 aromatic carbocycles. The minimum atomic E-state index is -0.248. The number of amides is 2. The lowest BCUT2D eigenvalue weighted by atomic mass is 10.1. The maximum Gasteiger partial charge on any atom is 0.318 e. The van der Waals surface area contributed by atoms with Crippen molar-refractivity contribution >= 4 is 11.7 Å². The highest BCUT2D eigenvalue weighted by molar-refractivity contribution is 5.75. The van der Waals surface area contributed by atoms with Gasteiger partial charge in [0.1, 0.15) is 6.04 Å². The summed E-state index contributed by atoms with van der Waals surface area (Å²) in [5.74, 6) is 1.05. The van der Waals surface area contributed by atoms with Crippen molar-refractivity contribution in [3.8, 4) is 0 Å². The van der Waals surface area contributed by atoms with Gasteiger partial charge in [-0.3, -0.25) is 0 Å². The Bertz CT molecular complexity index is 737. The predicted octanol–water partition coefficient (Wildman–Crippen LogP) is 2.92. The van der Waals surface area contributed by atoms with E-state index in [4.69, 9.17) is 4.52 Å². The third-order valence-electron chi connectivity index (χ3n) is 4.83. The van der Waals surface area contributed by atoms with Crippen molar-refractivity contribution in [2.75, 3.05) is 31.1 Å². The van der Waals surface area contributed by atoms with E-state index in [1.165, 1.54) is 11.3 Å². The number of carbonyl (C=O) groups excluding carboxylic acids is 1. The van der Waals surface area contributed by atoms with E-state index < -0.39 is 0 Å². The quantitative estimate of drug-likeness (QED) is 0.890. The highest BCUT2D eigenvalue weighted by Gasteiger charge is 2.25. The van der Waals surface area contributed by atoms with Crippen LogP contribution < -0.4 is 10.2 Å². The molecule has 2 aromatic rings. The molecule has 0 aliphatic carbocycles. The zero-order valence-electron chi connectivity index (χ0n) is 15.7. The molecule has 0 bridgehead atoms. The molecule has 140 valence electrons. The summed E-state index contributed by atoms with van der Waals surface area (Å²) < 4.78 is 5.20. The van der Waals surface area contributed by atoms with Crippen LogP contribution in [0.3, 0.4) is 0 Å². The monoisotopic (exact) mass is 357 g/mol. The van der Waals surface area contributed by atoms with Gasteiger partial charge in [-0.1, -0.05) is 37.2 Å². The molecule has 3 rings (SSSR count). The van der Waals surface area contributed by atoms with Crippen LogP contribution in [0.4, 0.5) is 10.5 Å². The van der Waals surface area contributed by atoms with E-state index in [-0.39, 0.29) is 12.1 Å². The van der Waals surface area contributed by atoms with Gasteiger partial charge in [0.25, 0.3) is 0 Å². The number of urea groups is 1. The van der Waals surface area contributed by atoms with Crippen LogP contribution in [0, 0.1) is 6.92 Å². The van der Waals surface area contributed by atoms with E-state index >= 15 is 0 Å². The van der Waals surface area contributed by atoms with Gasteiger partial charge in [0.15, 0.2) is 5.82 Å². The van der Waals surface area contributed by atoms with Crippen molar-refractivity contribution in [1.82, 2.24) is 20.4 Å². The average Bonchev–Trinajstić information content (AvgIpc) is 3.12. The Morgan fingerprint density at radius 2 is 1.96 bits per heavy atom. The van der Waals surface area contributed by atoms with Crippen LogP contribution in [0.2, 0.25) is 0 Å². The van der Waals surface area contributed by atoms with Crippen LogP contribution in [0.15, 0.2) is 28.8 Å². The first-order valence-corrected chi connectivity index (χ1v) is 9.30. The summed E-state index contributed by atoms with van der Waals surface area (Å²) in [5, 5.41) is 6.82. The van der Waals surface area contributed by atoms with Gasteiger partial charge in [-0.05, 0) is 31.4 Å². The average molecular weight is 357 g/mol. The molecule has 0 spiro atoms. The maximum absolute atomic E-state index is 12.6. The molecule has 7 heteroatoms. The molecule has 1 atom stereocenters. The van der Waals surface area contributed by atoms with E-state index in [0.29, 0.717) is 31.2 Å². The largest absolute Gasteiger partial charge is 0.368 e. The third kappa shape index (κ3) is 3.98. The first-order chi connectivity index (χ1) is 12.6. The highest BCUT2D eigenvalue weighted by Crippen LogP contribution is 2.22. The van der Waals surface area contributed by atoms with Gasteiger partial charge in [0, 0.05) is 31.9 Å². The molecule has 0 unspecified atom stereocenters. The molecule has 1 saturated heterocycles. The molecule has 1 aliphatic heterocycles. The number of benzene rings is 1. The predicted molar refractivity (Wildman–Crippen MR) is 100 cm³/mol. The van der Waals surface area contributed by atoms with Crippen molar-refractivity contribution in [1.29, 1.82) is 0 Å². The van der Waals surface area contributed by atoms with Crippen LogP contribution in [-0.2, 0) is 6.42 Å². The van der Waals surface area contributed by atoms with E-state index in [0.717, 1.165) is 19.5 Å². The molecule has 7 nitrogen and oxygen atoms in total. The van der Waals surface area contributed by atoms with Crippen LogP contribution in [0.5, 0.6) is 0 Å². The number of rotatable bonds is 5. The Labute approximate surface area is 154 Å². The van der Waals surface area contributed by atoms with Gasteiger partial charge in [-0.15, -0.1) is 0 Å². The number of aromatic nitrogens is 2. The Morgan fingerprint density at radius 3 is 2.58 bits per heavy atom. The second kappa shape index (κ2) is 8.21. The molecule has 0 radical (unpaired) electrons. The van der Waals surface area contributed by atoms with Crippen LogP contribution in [-0.4, -0.2) is 47.3 Å². The summed E-state index contributed by atoms with van der Waals surface area (Å²) >= 11 is 0. The lowest BCUT2D eigenvalue weighted by Gasteiger charge is -2.37. The summed E-state index contributed by atoms with van der Waals surface area (Å²) in [5.41, 5.74) is 2.63. The summed E-state index contributed by atoms with van der Waals surface area (Å²) in [6.07, 6.45) is 1.72. The smallest absolute Gasteiger partial charge is 0.318 e. The fourth-order valence-electron chi connectivity index (χ4n) is 3.30. The molecular formula is C19H27N5O2. The number of nitrogens with zero attached hydrogens (tertiary/aromatic N) is 4. The highest BCUT2D eigenvalue weighted by atomic mass is 16.5. The first-order valence-electron chi connectivity index (χ1n) is 9.30. The lowest BCUT2D eigenvalue weighted by molar-refractivity contribution is 0.186. The molecular weight excluding hydrogens is 330 g/mol. The summed E-state index contributed by atoms with van der Waals surface area (Å²) in [6, 6.07) is 8.17. The minimum absolute atomic E-state index is 0.0730. The molecule has 1 aromatic heterocycles. The number of anilines is 1. The van der Waals surface area contributed by atoms with Crippen molar-refractivity contribution in [3.05, 3.63) is 41.5 Å². The molecule has 1 N–H and O–H groups in total. The Kier molecular flexibility index (Phi) is 5.75. The van der Waals surface area contributed by atoms with Gasteiger partial charge in [-0.25, -0.2) is 4.79 Å². The second-order valence-corrected chi connectivity index (χ2v) is 6.55. The standard InChI is InChI=1S/C19H27N5O2/c1-4-15-8-6-7-9-17(15)23-10-12-24(13-11-23)19(25)21-16(5-2)18-20-14(3)22-26-18/h6-9,16H,4-5,10-13H2,1-3H3,(H,21,25)/t16-/m1/s1. The van der Waals surface area contributed by atoms with E-state index in [1.54, 1.807) is 6.92 Å². The number of nitrogens with one attached hydrogen (secondary N) is 1. The Morgan fingerprint density at radius 1 is 1.23 bits per heavy atom. The van der Waals surface area contributed by atoms with Crippen LogP contribution in [0.1, 0.15) is 43.6 Å². The van der Waals surface area contributed by atoms with Crippen molar-refractivity contribution in [2.24, 2.45) is 0 Å². The van der Waals surface area contributed by atoms with Gasteiger partial charge in [0.05, 0.1) is 0 Å². The van der Waals surface area contributed by atoms with Crippen molar-refractivity contribution < 1.29 is 9.32 Å². The fourth-order valence-corrected chi connectivity index (χ4v) is 3.30. The molecule has 1 aliphatic rings. The zero-order valence-corrected chi connectivity index (χ0v) is 15.7. The number of carbonyl (C=O) groups is 1. The summed E-state index contributed by atoms with van der Waals surface area (Å²) in [4.78, 5) is 21.1. The Hall–Kier alpha value is -2.57. The van der Waals surface area contributed by atoms with E-state index in [1.807, 2.05) is 11.8 Å². The van der Waals surface area contributed by atoms with Gasteiger partial charge >= 0.3 is 6.03 Å². The number of hydrogen-bond acceptors (Lipinski definition) is 5. The number of para-hydroxylation sites is 1. The maximum atomic E-state index is 12.6. The topological polar surface area (TPSA) is 74.5 Å². The molecule has 26 heavy (non-hydrogen) atoms. The van der Waals surface area contributed by atoms with E-state index in [2.05, 4.69) is 51.5 Å². The molecule has 2 amide bonds. The van der Waals surface area contributed by atoms with E-state index in [9.17, 15) is 4.79 Å². The summed E-state index contributed by atoms with van der Waals surface area (Å²) in [7, 11) is 0. The van der Waals surface area contributed by atoms with Gasteiger partial charge in [-0.2, -0.15) is 4.98 Å². The zero-order chi connectivity index (χ0) is 18.5. The Balaban J connectivity index is 1.58. The summed E-state index contributed by atoms with van der Waals surface area (Å²) in [6.45, 7) is 9.00. The SMILES string of the molecule is CCc1ccccc1N1CCN(C(=O)N[C@H](CC)c2nc(C)no2)CC1.